The van der Waals surface area contributed by atoms with Gasteiger partial charge < -0.3 is 84.2 Å². The number of carbonyl (C=O) groups excluding carboxylic acids is 2. The van der Waals surface area contributed by atoms with Crippen LogP contribution >= 0.6 is 0 Å². The highest BCUT2D eigenvalue weighted by atomic mass is 16.8. The van der Waals surface area contributed by atoms with E-state index < -0.39 is 105 Å². The number of allylic oxidation sites excluding steroid dienone is 1. The maximum absolute atomic E-state index is 13.4. The van der Waals surface area contributed by atoms with Crippen molar-refractivity contribution in [3.63, 3.8) is 0 Å². The molecule has 0 spiro atoms. The zero-order valence-electron chi connectivity index (χ0n) is 30.7. The Kier molecular flexibility index (Phi) is 15.4. The predicted octanol–water partition coefficient (Wildman–Crippen LogP) is -1.84. The predicted molar refractivity (Wildman–Crippen MR) is 190 cm³/mol. The van der Waals surface area contributed by atoms with Crippen LogP contribution in [0, 0.1) is 5.92 Å². The molecular formula is C38H48O19. The maximum Gasteiger partial charge on any atom is 0.337 e. The molecule has 2 aromatic rings. The third-order valence-corrected chi connectivity index (χ3v) is 9.75. The second kappa shape index (κ2) is 20.0. The number of rotatable bonds is 15. The molecule has 19 nitrogen and oxygen atoms in total. The van der Waals surface area contributed by atoms with Crippen LogP contribution in [0.3, 0.4) is 0 Å². The summed E-state index contributed by atoms with van der Waals surface area (Å²) in [7, 11) is 0. The first-order chi connectivity index (χ1) is 27.3. The van der Waals surface area contributed by atoms with Gasteiger partial charge in [-0.15, -0.1) is 0 Å². The Morgan fingerprint density at radius 3 is 1.95 bits per heavy atom. The first-order valence-corrected chi connectivity index (χ1v) is 18.1. The molecule has 2 fully saturated rings. The second-order valence-electron chi connectivity index (χ2n) is 13.6. The molecule has 5 rings (SSSR count). The minimum Gasteiger partial charge on any atom is -0.504 e. The van der Waals surface area contributed by atoms with Crippen molar-refractivity contribution in [2.75, 3.05) is 26.4 Å². The molecule has 0 bridgehead atoms. The molecule has 19 heteroatoms. The fourth-order valence-electron chi connectivity index (χ4n) is 6.44. The van der Waals surface area contributed by atoms with E-state index >= 15 is 0 Å². The van der Waals surface area contributed by atoms with Crippen LogP contribution < -0.4 is 4.74 Å². The van der Waals surface area contributed by atoms with Gasteiger partial charge in [-0.25, -0.2) is 4.79 Å². The lowest BCUT2D eigenvalue weighted by atomic mass is 9.86. The van der Waals surface area contributed by atoms with Crippen molar-refractivity contribution < 1.29 is 93.8 Å². The van der Waals surface area contributed by atoms with E-state index in [-0.39, 0.29) is 48.0 Å². The van der Waals surface area contributed by atoms with Gasteiger partial charge in [-0.3, -0.25) is 4.79 Å². The molecule has 0 aliphatic carbocycles. The van der Waals surface area contributed by atoms with Crippen molar-refractivity contribution in [1.82, 2.24) is 0 Å². The summed E-state index contributed by atoms with van der Waals surface area (Å²) in [6.07, 6.45) is -14.0. The highest BCUT2D eigenvalue weighted by Gasteiger charge is 2.47. The molecule has 0 aromatic heterocycles. The Morgan fingerprint density at radius 2 is 1.33 bits per heavy atom. The lowest BCUT2D eigenvalue weighted by Gasteiger charge is -2.41. The van der Waals surface area contributed by atoms with E-state index in [1.165, 1.54) is 36.4 Å². The van der Waals surface area contributed by atoms with Crippen molar-refractivity contribution in [2.45, 2.75) is 93.9 Å². The van der Waals surface area contributed by atoms with E-state index in [9.17, 15) is 60.7 Å². The molecule has 0 radical (unpaired) electrons. The Balaban J connectivity index is 1.24. The van der Waals surface area contributed by atoms with Crippen LogP contribution in [0.4, 0.5) is 0 Å². The van der Waals surface area contributed by atoms with Crippen molar-refractivity contribution in [3.8, 4) is 17.2 Å². The molecular weight excluding hydrogens is 760 g/mol. The molecule has 2 saturated heterocycles. The number of hydrogen-bond donors (Lipinski definition) is 10. The van der Waals surface area contributed by atoms with Gasteiger partial charge in [0.05, 0.1) is 44.7 Å². The summed E-state index contributed by atoms with van der Waals surface area (Å²) in [6, 6.07) is 10.5. The lowest BCUT2D eigenvalue weighted by molar-refractivity contribution is -0.327. The zero-order chi connectivity index (χ0) is 41.4. The topological polar surface area (TPSA) is 301 Å². The number of phenols is 2. The summed E-state index contributed by atoms with van der Waals surface area (Å²) in [5.41, 5.74) is 1.39. The van der Waals surface area contributed by atoms with Gasteiger partial charge in [0.2, 0.25) is 6.29 Å². The Labute approximate surface area is 326 Å². The van der Waals surface area contributed by atoms with Crippen LogP contribution in [0.1, 0.15) is 24.5 Å². The minimum absolute atomic E-state index is 0.0205. The molecule has 314 valence electrons. The zero-order valence-corrected chi connectivity index (χ0v) is 30.7. The number of hydrogen-bond acceptors (Lipinski definition) is 19. The van der Waals surface area contributed by atoms with Crippen LogP contribution in [-0.4, -0.2) is 157 Å². The SMILES string of the molecule is C/C=C1/[C@H](O[C@@H]2O[C@H](CO)[C@@H](O)[C@@H](O)[C@H]2O)OC=C(C(=O)OCCc2ccc(O)c(O)c2)[C@H]1CC(=O)Oc1ccc(CCO[C@@H]2O[C@H](CO)[C@@H](O)[C@@H](O)[C@H]2O)cc1. The molecule has 3 aliphatic heterocycles. The summed E-state index contributed by atoms with van der Waals surface area (Å²) >= 11 is 0. The van der Waals surface area contributed by atoms with Gasteiger partial charge in [-0.05, 0) is 48.7 Å². The fraction of sp³-hybridized carbons (Fsp3) is 0.526. The molecule has 57 heavy (non-hydrogen) atoms. The van der Waals surface area contributed by atoms with Crippen molar-refractivity contribution in [3.05, 3.63) is 77.1 Å². The number of aliphatic hydroxyl groups excluding tert-OH is 8. The molecule has 0 unspecified atom stereocenters. The van der Waals surface area contributed by atoms with Crippen molar-refractivity contribution >= 4 is 11.9 Å². The smallest absolute Gasteiger partial charge is 0.337 e. The van der Waals surface area contributed by atoms with Crippen LogP contribution in [0.2, 0.25) is 0 Å². The summed E-state index contributed by atoms with van der Waals surface area (Å²) in [6.45, 7) is 0.132. The number of esters is 2. The largest absolute Gasteiger partial charge is 0.504 e. The number of aromatic hydroxyl groups is 2. The molecule has 3 aliphatic rings. The first-order valence-electron chi connectivity index (χ1n) is 18.1. The highest BCUT2D eigenvalue weighted by molar-refractivity contribution is 5.91. The third-order valence-electron chi connectivity index (χ3n) is 9.75. The fourth-order valence-corrected chi connectivity index (χ4v) is 6.44. The van der Waals surface area contributed by atoms with Gasteiger partial charge in [0.15, 0.2) is 24.1 Å². The second-order valence-corrected chi connectivity index (χ2v) is 13.6. The summed E-state index contributed by atoms with van der Waals surface area (Å²) in [4.78, 5) is 26.9. The van der Waals surface area contributed by atoms with Gasteiger partial charge in [-0.1, -0.05) is 24.3 Å². The van der Waals surface area contributed by atoms with E-state index in [1.54, 1.807) is 19.1 Å². The average Bonchev–Trinajstić information content (AvgIpc) is 3.20. The van der Waals surface area contributed by atoms with Crippen LogP contribution in [0.25, 0.3) is 0 Å². The minimum atomic E-state index is -1.77. The Bertz CT molecular complexity index is 1710. The van der Waals surface area contributed by atoms with Crippen molar-refractivity contribution in [2.24, 2.45) is 5.92 Å². The van der Waals surface area contributed by atoms with E-state index in [2.05, 4.69) is 0 Å². The standard InChI is InChI=1S/C38H48O19/c1-2-21-22(14-28(43)54-20-6-3-18(4-7-20)9-12-52-37-33(48)31(46)29(44)26(15-39)55-37)23(35(50)51-11-10-19-5-8-24(41)25(42)13-19)17-53-36(21)57-38-34(49)32(47)30(45)27(16-40)56-38/h2-8,13,17,22,26-27,29-34,36-42,44-49H,9-12,14-16H2,1H3/b21-2+/t22-,26+,27+,29+,30+,31+,32+,33+,34+,36-,37+,38-/m0/s1. The summed E-state index contributed by atoms with van der Waals surface area (Å²) in [5, 5.41) is 99.4. The number of aliphatic hydroxyl groups is 8. The molecule has 0 saturated carbocycles. The van der Waals surface area contributed by atoms with Crippen molar-refractivity contribution in [1.29, 1.82) is 0 Å². The Morgan fingerprint density at radius 1 is 0.737 bits per heavy atom. The average molecular weight is 809 g/mol. The van der Waals surface area contributed by atoms with Gasteiger partial charge in [0.1, 0.15) is 54.6 Å². The first kappa shape index (κ1) is 43.9. The molecule has 10 N–H and O–H groups in total. The third kappa shape index (κ3) is 10.6. The maximum atomic E-state index is 13.4. The van der Waals surface area contributed by atoms with Gasteiger partial charge in [0.25, 0.3) is 0 Å². The highest BCUT2D eigenvalue weighted by Crippen LogP contribution is 2.37. The molecule has 12 atom stereocenters. The van der Waals surface area contributed by atoms with E-state index in [0.717, 1.165) is 11.8 Å². The normalized spacial score (nSPS) is 32.3. The van der Waals surface area contributed by atoms with E-state index in [1.807, 2.05) is 0 Å². The number of benzene rings is 2. The van der Waals surface area contributed by atoms with Gasteiger partial charge in [-0.2, -0.15) is 0 Å². The quantitative estimate of drug-likeness (QED) is 0.0409. The van der Waals surface area contributed by atoms with E-state index in [4.69, 9.17) is 33.2 Å². The summed E-state index contributed by atoms with van der Waals surface area (Å²) in [5.74, 6) is -3.24. The monoisotopic (exact) mass is 808 g/mol. The summed E-state index contributed by atoms with van der Waals surface area (Å²) < 4.78 is 38.9. The lowest BCUT2D eigenvalue weighted by Crippen LogP contribution is -2.60. The van der Waals surface area contributed by atoms with Gasteiger partial charge >= 0.3 is 11.9 Å². The van der Waals surface area contributed by atoms with Gasteiger partial charge in [0, 0.05) is 17.9 Å². The van der Waals surface area contributed by atoms with E-state index in [0.29, 0.717) is 12.0 Å². The van der Waals surface area contributed by atoms with Crippen LogP contribution in [0.15, 0.2) is 65.9 Å². The molecule has 2 aromatic carbocycles. The molecule has 3 heterocycles. The van der Waals surface area contributed by atoms with Crippen LogP contribution in [-0.2, 0) is 50.9 Å². The van der Waals surface area contributed by atoms with Crippen LogP contribution in [0.5, 0.6) is 17.2 Å². The Hall–Kier alpha value is -4.22. The number of phenolic OH excluding ortho intramolecular Hbond substituents is 2. The number of ether oxygens (including phenoxy) is 7. The molecule has 0 amide bonds. The number of carbonyl (C=O) groups is 2.